The quantitative estimate of drug-likeness (QED) is 0.349. The highest BCUT2D eigenvalue weighted by Crippen LogP contribution is 2.46. The molecular formula is C23H31BO5S. The first kappa shape index (κ1) is 21.8. The zero-order chi connectivity index (χ0) is 21.9. The molecule has 162 valence electrons. The van der Waals surface area contributed by atoms with Crippen molar-refractivity contribution in [1.82, 2.24) is 0 Å². The lowest BCUT2D eigenvalue weighted by Crippen LogP contribution is -2.41. The molecule has 1 saturated carbocycles. The molecule has 1 saturated heterocycles. The van der Waals surface area contributed by atoms with E-state index in [0.717, 1.165) is 16.4 Å². The zero-order valence-corrected chi connectivity index (χ0v) is 19.7. The van der Waals surface area contributed by atoms with Crippen LogP contribution in [0.4, 0.5) is 0 Å². The van der Waals surface area contributed by atoms with Crippen molar-refractivity contribution in [3.8, 4) is 5.75 Å². The molecule has 0 amide bonds. The Labute approximate surface area is 184 Å². The molecule has 7 heteroatoms. The van der Waals surface area contributed by atoms with Crippen LogP contribution in [-0.4, -0.2) is 35.3 Å². The van der Waals surface area contributed by atoms with Crippen molar-refractivity contribution < 1.29 is 23.6 Å². The third-order valence-corrected chi connectivity index (χ3v) is 7.69. The van der Waals surface area contributed by atoms with E-state index in [1.807, 2.05) is 51.9 Å². The summed E-state index contributed by atoms with van der Waals surface area (Å²) in [5, 5.41) is 0.461. The van der Waals surface area contributed by atoms with Gasteiger partial charge in [0, 0.05) is 29.6 Å². The van der Waals surface area contributed by atoms with E-state index >= 15 is 0 Å². The third-order valence-electron chi connectivity index (χ3n) is 6.34. The molecule has 2 heterocycles. The number of cyclic esters (lactones) is 1. The molecule has 1 aromatic rings. The number of benzene rings is 1. The highest BCUT2D eigenvalue weighted by Gasteiger charge is 2.50. The van der Waals surface area contributed by atoms with Crippen LogP contribution in [0.5, 0.6) is 5.75 Å². The Morgan fingerprint density at radius 1 is 1.07 bits per heavy atom. The van der Waals surface area contributed by atoms with Crippen LogP contribution in [0.25, 0.3) is 6.08 Å². The molecule has 1 unspecified atom stereocenters. The second-order valence-corrected chi connectivity index (χ2v) is 11.3. The maximum atomic E-state index is 12.9. The smallest absolute Gasteiger partial charge is 0.451 e. The number of hydrogen-bond acceptors (Lipinski definition) is 6. The average Bonchev–Trinajstić information content (AvgIpc) is 3.40. The van der Waals surface area contributed by atoms with Gasteiger partial charge in [0.05, 0.1) is 11.2 Å². The van der Waals surface area contributed by atoms with Gasteiger partial charge in [-0.05, 0) is 52.5 Å². The minimum Gasteiger partial charge on any atom is -0.451 e. The fraction of sp³-hybridized carbons (Fsp3) is 0.609. The van der Waals surface area contributed by atoms with E-state index < -0.39 is 24.1 Å². The molecule has 4 rings (SSSR count). The Balaban J connectivity index is 1.65. The summed E-state index contributed by atoms with van der Waals surface area (Å²) in [7, 11) is -0.460. The van der Waals surface area contributed by atoms with E-state index in [-0.39, 0.29) is 5.97 Å². The molecule has 3 aliphatic rings. The Hall–Kier alpha value is -1.44. The number of rotatable bonds is 5. The molecule has 0 bridgehead atoms. The largest absolute Gasteiger partial charge is 0.487 e. The van der Waals surface area contributed by atoms with Gasteiger partial charge in [0.2, 0.25) is 5.79 Å². The topological polar surface area (TPSA) is 54.0 Å². The standard InChI is InChI=1S/C23H31BO5S/c1-14(15-8-9-15)30-17-11-10-16(19-18(17)20(25)27-23(6,7)26-19)12-13-24-28-21(2,3)22(4,5)29-24/h10-15H,8-9H2,1-7H3/b13-12+. The third kappa shape index (κ3) is 4.16. The van der Waals surface area contributed by atoms with E-state index in [9.17, 15) is 4.79 Å². The van der Waals surface area contributed by atoms with Crippen LogP contribution in [0.3, 0.4) is 0 Å². The number of fused-ring (bicyclic) bond motifs is 1. The van der Waals surface area contributed by atoms with E-state index in [0.29, 0.717) is 16.6 Å². The molecule has 0 N–H and O–H groups in total. The number of carbonyl (C=O) groups excluding carboxylic acids is 1. The van der Waals surface area contributed by atoms with Gasteiger partial charge in [-0.15, -0.1) is 11.8 Å². The predicted molar refractivity (Wildman–Crippen MR) is 120 cm³/mol. The van der Waals surface area contributed by atoms with Gasteiger partial charge >= 0.3 is 13.1 Å². The van der Waals surface area contributed by atoms with Crippen LogP contribution in [0.1, 0.15) is 77.2 Å². The van der Waals surface area contributed by atoms with Crippen LogP contribution in [0.15, 0.2) is 23.0 Å². The molecule has 1 atom stereocenters. The van der Waals surface area contributed by atoms with Gasteiger partial charge in [0.1, 0.15) is 11.3 Å². The minimum atomic E-state index is -1.01. The van der Waals surface area contributed by atoms with Crippen LogP contribution in [-0.2, 0) is 14.0 Å². The second kappa shape index (κ2) is 7.32. The van der Waals surface area contributed by atoms with Crippen molar-refractivity contribution >= 4 is 30.9 Å². The number of thioether (sulfide) groups is 1. The maximum absolute atomic E-state index is 12.9. The van der Waals surface area contributed by atoms with Crippen molar-refractivity contribution in [2.45, 2.75) is 88.4 Å². The second-order valence-electron chi connectivity index (χ2n) is 9.89. The summed E-state index contributed by atoms with van der Waals surface area (Å²) >= 11 is 1.73. The molecule has 1 aromatic carbocycles. The first-order chi connectivity index (χ1) is 13.9. The lowest BCUT2D eigenvalue weighted by molar-refractivity contribution is -0.128. The fourth-order valence-corrected chi connectivity index (χ4v) is 4.97. The van der Waals surface area contributed by atoms with E-state index in [4.69, 9.17) is 18.8 Å². The normalized spacial score (nSPS) is 25.0. The number of carbonyl (C=O) groups is 1. The van der Waals surface area contributed by atoms with Crippen molar-refractivity contribution in [1.29, 1.82) is 0 Å². The first-order valence-corrected chi connectivity index (χ1v) is 11.6. The molecule has 2 fully saturated rings. The van der Waals surface area contributed by atoms with Crippen molar-refractivity contribution in [3.63, 3.8) is 0 Å². The van der Waals surface area contributed by atoms with Gasteiger partial charge in [-0.3, -0.25) is 0 Å². The van der Waals surface area contributed by atoms with E-state index in [1.165, 1.54) is 12.8 Å². The van der Waals surface area contributed by atoms with Crippen molar-refractivity contribution in [3.05, 3.63) is 29.2 Å². The van der Waals surface area contributed by atoms with Crippen molar-refractivity contribution in [2.75, 3.05) is 0 Å². The fourth-order valence-electron chi connectivity index (χ4n) is 3.67. The summed E-state index contributed by atoms with van der Waals surface area (Å²) in [6.07, 6.45) is 4.44. The Morgan fingerprint density at radius 3 is 2.30 bits per heavy atom. The predicted octanol–water partition coefficient (Wildman–Crippen LogP) is 5.51. The highest BCUT2D eigenvalue weighted by molar-refractivity contribution is 8.00. The summed E-state index contributed by atoms with van der Waals surface area (Å²) in [6.45, 7) is 13.8. The van der Waals surface area contributed by atoms with Crippen LogP contribution in [0, 0.1) is 5.92 Å². The molecule has 1 aliphatic carbocycles. The lowest BCUT2D eigenvalue weighted by Gasteiger charge is -2.33. The first-order valence-electron chi connectivity index (χ1n) is 10.7. The van der Waals surface area contributed by atoms with Crippen LogP contribution >= 0.6 is 11.8 Å². The van der Waals surface area contributed by atoms with Crippen molar-refractivity contribution in [2.24, 2.45) is 5.92 Å². The van der Waals surface area contributed by atoms with Gasteiger partial charge in [-0.25, -0.2) is 4.79 Å². The lowest BCUT2D eigenvalue weighted by atomic mass is 9.88. The number of hydrogen-bond donors (Lipinski definition) is 0. The van der Waals surface area contributed by atoms with Gasteiger partial charge in [0.25, 0.3) is 0 Å². The molecule has 0 spiro atoms. The molecular weight excluding hydrogens is 399 g/mol. The summed E-state index contributed by atoms with van der Waals surface area (Å²) in [5.74, 6) is 1.82. The Bertz CT molecular complexity index is 872. The highest BCUT2D eigenvalue weighted by atomic mass is 32.2. The molecule has 2 aliphatic heterocycles. The maximum Gasteiger partial charge on any atom is 0.487 e. The molecule has 5 nitrogen and oxygen atoms in total. The number of esters is 1. The summed E-state index contributed by atoms with van der Waals surface area (Å²) < 4.78 is 23.8. The van der Waals surface area contributed by atoms with Crippen LogP contribution < -0.4 is 4.74 Å². The Morgan fingerprint density at radius 2 is 1.70 bits per heavy atom. The van der Waals surface area contributed by atoms with E-state index in [2.05, 4.69) is 6.92 Å². The van der Waals surface area contributed by atoms with Gasteiger partial charge < -0.3 is 18.8 Å². The SMILES string of the molecule is CC(Sc1ccc(/C=C/B2OC(C)(C)C(C)(C)O2)c2c1C(=O)OC(C)(C)O2)C1CC1. The molecule has 0 aromatic heterocycles. The van der Waals surface area contributed by atoms with Crippen LogP contribution in [0.2, 0.25) is 0 Å². The Kier molecular flexibility index (Phi) is 5.31. The molecule has 0 radical (unpaired) electrons. The average molecular weight is 430 g/mol. The monoisotopic (exact) mass is 430 g/mol. The van der Waals surface area contributed by atoms with E-state index in [1.54, 1.807) is 25.6 Å². The van der Waals surface area contributed by atoms with Gasteiger partial charge in [0.15, 0.2) is 0 Å². The minimum absolute atomic E-state index is 0.336. The number of ether oxygens (including phenoxy) is 2. The van der Waals surface area contributed by atoms with Gasteiger partial charge in [-0.1, -0.05) is 25.0 Å². The van der Waals surface area contributed by atoms with Gasteiger partial charge in [-0.2, -0.15) is 0 Å². The molecule has 30 heavy (non-hydrogen) atoms. The summed E-state index contributed by atoms with van der Waals surface area (Å²) in [6, 6.07) is 3.99. The summed E-state index contributed by atoms with van der Waals surface area (Å²) in [4.78, 5) is 13.8. The zero-order valence-electron chi connectivity index (χ0n) is 18.9. The summed E-state index contributed by atoms with van der Waals surface area (Å²) in [5.41, 5.74) is 0.530.